The lowest BCUT2D eigenvalue weighted by Gasteiger charge is -2.18. The van der Waals surface area contributed by atoms with Crippen LogP contribution in [0.4, 0.5) is 0 Å². The average molecular weight is 351 g/mol. The molecule has 0 radical (unpaired) electrons. The molecular formula is C21H21NO4. The van der Waals surface area contributed by atoms with Crippen molar-refractivity contribution >= 4 is 16.7 Å². The van der Waals surface area contributed by atoms with Crippen LogP contribution < -0.4 is 10.3 Å². The number of methoxy groups -OCH3 is 1. The van der Waals surface area contributed by atoms with Crippen LogP contribution in [0.5, 0.6) is 5.75 Å². The van der Waals surface area contributed by atoms with Crippen molar-refractivity contribution in [2.75, 3.05) is 7.11 Å². The van der Waals surface area contributed by atoms with Crippen molar-refractivity contribution in [1.29, 1.82) is 0 Å². The summed E-state index contributed by atoms with van der Waals surface area (Å²) in [5.41, 5.74) is 0.697. The Hall–Kier alpha value is -3.08. The van der Waals surface area contributed by atoms with Crippen molar-refractivity contribution in [2.24, 2.45) is 0 Å². The fourth-order valence-corrected chi connectivity index (χ4v) is 2.92. The smallest absolute Gasteiger partial charge is 0.329 e. The normalized spacial score (nSPS) is 11.9. The van der Waals surface area contributed by atoms with Gasteiger partial charge in [-0.2, -0.15) is 0 Å². The van der Waals surface area contributed by atoms with E-state index in [-0.39, 0.29) is 12.2 Å². The minimum atomic E-state index is -0.655. The van der Waals surface area contributed by atoms with Crippen molar-refractivity contribution in [1.82, 2.24) is 4.57 Å². The lowest BCUT2D eigenvalue weighted by Crippen LogP contribution is -2.30. The van der Waals surface area contributed by atoms with Gasteiger partial charge in [-0.1, -0.05) is 37.3 Å². The number of pyridine rings is 1. The molecule has 3 rings (SSSR count). The Balaban J connectivity index is 1.86. The molecule has 0 aliphatic carbocycles. The zero-order valence-corrected chi connectivity index (χ0v) is 14.8. The van der Waals surface area contributed by atoms with Crippen LogP contribution in [0.3, 0.4) is 0 Å². The Morgan fingerprint density at radius 3 is 2.58 bits per heavy atom. The highest BCUT2D eigenvalue weighted by atomic mass is 16.5. The number of hydrogen-bond acceptors (Lipinski definition) is 4. The number of carbonyl (C=O) groups excluding carboxylic acids is 1. The van der Waals surface area contributed by atoms with Crippen molar-refractivity contribution in [3.8, 4) is 5.75 Å². The molecule has 134 valence electrons. The summed E-state index contributed by atoms with van der Waals surface area (Å²) in [6.07, 6.45) is 2.11. The molecule has 0 saturated carbocycles. The molecule has 5 heteroatoms. The van der Waals surface area contributed by atoms with E-state index in [2.05, 4.69) is 0 Å². The van der Waals surface area contributed by atoms with Gasteiger partial charge < -0.3 is 14.0 Å². The molecule has 0 fully saturated rings. The first-order valence-corrected chi connectivity index (χ1v) is 8.53. The van der Waals surface area contributed by atoms with E-state index >= 15 is 0 Å². The molecule has 0 spiro atoms. The molecule has 0 N–H and O–H groups in total. The topological polar surface area (TPSA) is 57.5 Å². The Labute approximate surface area is 151 Å². The zero-order valence-electron chi connectivity index (χ0n) is 14.8. The zero-order chi connectivity index (χ0) is 18.5. The van der Waals surface area contributed by atoms with E-state index in [1.807, 2.05) is 43.3 Å². The van der Waals surface area contributed by atoms with Crippen molar-refractivity contribution in [3.63, 3.8) is 0 Å². The lowest BCUT2D eigenvalue weighted by atomic mass is 10.1. The molecule has 0 amide bonds. The van der Waals surface area contributed by atoms with Gasteiger partial charge in [0, 0.05) is 11.6 Å². The predicted molar refractivity (Wildman–Crippen MR) is 100 cm³/mol. The number of carbonyl (C=O) groups is 1. The van der Waals surface area contributed by atoms with Crippen LogP contribution >= 0.6 is 0 Å². The van der Waals surface area contributed by atoms with E-state index in [4.69, 9.17) is 9.47 Å². The van der Waals surface area contributed by atoms with E-state index in [1.54, 1.807) is 31.5 Å². The van der Waals surface area contributed by atoms with Gasteiger partial charge in [0.25, 0.3) is 5.56 Å². The van der Waals surface area contributed by atoms with Crippen molar-refractivity contribution < 1.29 is 14.3 Å². The van der Waals surface area contributed by atoms with Crippen LogP contribution in [0.25, 0.3) is 10.8 Å². The van der Waals surface area contributed by atoms with E-state index in [0.717, 1.165) is 10.9 Å². The molecule has 1 atom stereocenters. The van der Waals surface area contributed by atoms with Gasteiger partial charge in [-0.25, -0.2) is 4.79 Å². The number of fused-ring (bicyclic) bond motifs is 1. The van der Waals surface area contributed by atoms with Gasteiger partial charge in [0.1, 0.15) is 18.4 Å². The van der Waals surface area contributed by atoms with Crippen LogP contribution in [0, 0.1) is 0 Å². The molecular weight excluding hydrogens is 330 g/mol. The monoisotopic (exact) mass is 351 g/mol. The third kappa shape index (κ3) is 3.61. The summed E-state index contributed by atoms with van der Waals surface area (Å²) in [5, 5.41) is 1.32. The largest absolute Gasteiger partial charge is 0.497 e. The fraction of sp³-hybridized carbons (Fsp3) is 0.238. The summed E-state index contributed by atoms with van der Waals surface area (Å²) < 4.78 is 12.1. The molecule has 26 heavy (non-hydrogen) atoms. The number of nitrogens with zero attached hydrogens (tertiary/aromatic N) is 1. The second-order valence-electron chi connectivity index (χ2n) is 6.00. The van der Waals surface area contributed by atoms with Gasteiger partial charge in [-0.15, -0.1) is 0 Å². The van der Waals surface area contributed by atoms with E-state index in [9.17, 15) is 9.59 Å². The number of aromatic nitrogens is 1. The van der Waals surface area contributed by atoms with Gasteiger partial charge in [-0.05, 0) is 41.6 Å². The van der Waals surface area contributed by atoms with Crippen LogP contribution in [0.1, 0.15) is 24.9 Å². The maximum absolute atomic E-state index is 12.8. The highest BCUT2D eigenvalue weighted by molar-refractivity contribution is 5.83. The van der Waals surface area contributed by atoms with Crippen molar-refractivity contribution in [2.45, 2.75) is 26.0 Å². The lowest BCUT2D eigenvalue weighted by molar-refractivity contribution is -0.149. The number of esters is 1. The fourth-order valence-electron chi connectivity index (χ4n) is 2.92. The van der Waals surface area contributed by atoms with Gasteiger partial charge in [-0.3, -0.25) is 4.79 Å². The molecule has 2 aromatic carbocycles. The Morgan fingerprint density at radius 1 is 1.12 bits per heavy atom. The summed E-state index contributed by atoms with van der Waals surface area (Å²) in [7, 11) is 1.58. The first kappa shape index (κ1) is 17.7. The van der Waals surface area contributed by atoms with Gasteiger partial charge >= 0.3 is 5.97 Å². The molecule has 1 unspecified atom stereocenters. The van der Waals surface area contributed by atoms with Crippen LogP contribution in [0.15, 0.2) is 65.6 Å². The SMILES string of the molecule is CCC(C(=O)OCc1ccccc1)n1ccc2cc(OC)ccc2c1=O. The molecule has 0 aliphatic heterocycles. The summed E-state index contributed by atoms with van der Waals surface area (Å²) >= 11 is 0. The Bertz CT molecular complexity index is 963. The molecule has 1 heterocycles. The maximum atomic E-state index is 12.8. The quantitative estimate of drug-likeness (QED) is 0.635. The maximum Gasteiger partial charge on any atom is 0.329 e. The summed E-state index contributed by atoms with van der Waals surface area (Å²) in [5.74, 6) is 0.273. The second-order valence-corrected chi connectivity index (χ2v) is 6.00. The number of rotatable bonds is 6. The van der Waals surface area contributed by atoms with Gasteiger partial charge in [0.2, 0.25) is 0 Å². The number of hydrogen-bond donors (Lipinski definition) is 0. The molecule has 0 saturated heterocycles. The summed E-state index contributed by atoms with van der Waals surface area (Å²) in [4.78, 5) is 25.4. The number of benzene rings is 2. The molecule has 1 aromatic heterocycles. The van der Waals surface area contributed by atoms with Crippen LogP contribution in [0.2, 0.25) is 0 Å². The van der Waals surface area contributed by atoms with Crippen LogP contribution in [-0.2, 0) is 16.1 Å². The van der Waals surface area contributed by atoms with Gasteiger partial charge in [0.15, 0.2) is 0 Å². The first-order valence-electron chi connectivity index (χ1n) is 8.53. The second kappa shape index (κ2) is 7.87. The third-order valence-corrected chi connectivity index (χ3v) is 4.36. The summed E-state index contributed by atoms with van der Waals surface area (Å²) in [6, 6.07) is 15.9. The van der Waals surface area contributed by atoms with Gasteiger partial charge in [0.05, 0.1) is 7.11 Å². The number of ether oxygens (including phenoxy) is 2. The third-order valence-electron chi connectivity index (χ3n) is 4.36. The minimum Gasteiger partial charge on any atom is -0.497 e. The molecule has 5 nitrogen and oxygen atoms in total. The first-order chi connectivity index (χ1) is 12.6. The molecule has 3 aromatic rings. The van der Waals surface area contributed by atoms with E-state index in [0.29, 0.717) is 17.6 Å². The van der Waals surface area contributed by atoms with E-state index in [1.165, 1.54) is 4.57 Å². The Kier molecular flexibility index (Phi) is 5.37. The summed E-state index contributed by atoms with van der Waals surface area (Å²) in [6.45, 7) is 2.05. The standard InChI is InChI=1S/C21H21NO4/c1-3-19(21(24)26-14-15-7-5-4-6-8-15)22-12-11-16-13-17(25-2)9-10-18(16)20(22)23/h4-13,19H,3,14H2,1-2H3. The van der Waals surface area contributed by atoms with Crippen LogP contribution in [-0.4, -0.2) is 17.6 Å². The highest BCUT2D eigenvalue weighted by Crippen LogP contribution is 2.20. The Morgan fingerprint density at radius 2 is 1.88 bits per heavy atom. The molecule has 0 aliphatic rings. The van der Waals surface area contributed by atoms with Crippen molar-refractivity contribution in [3.05, 3.63) is 76.7 Å². The predicted octanol–water partition coefficient (Wildman–Crippen LogP) is 3.70. The minimum absolute atomic E-state index is 0.190. The average Bonchev–Trinajstić information content (AvgIpc) is 2.69. The molecule has 0 bridgehead atoms. The van der Waals surface area contributed by atoms with E-state index < -0.39 is 12.0 Å². The highest BCUT2D eigenvalue weighted by Gasteiger charge is 2.22.